The smallest absolute Gasteiger partial charge is 0.265 e. The Morgan fingerprint density at radius 1 is 1.20 bits per heavy atom. The van der Waals surface area contributed by atoms with Gasteiger partial charge in [-0.15, -0.1) is 0 Å². The molecule has 0 saturated carbocycles. The van der Waals surface area contributed by atoms with Crippen molar-refractivity contribution in [3.05, 3.63) is 53.3 Å². The molecule has 162 valence electrons. The molecule has 0 unspecified atom stereocenters. The predicted octanol–water partition coefficient (Wildman–Crippen LogP) is 1.49. The van der Waals surface area contributed by atoms with Crippen molar-refractivity contribution in [2.75, 3.05) is 20.1 Å². The van der Waals surface area contributed by atoms with Gasteiger partial charge in [-0.1, -0.05) is 24.3 Å². The maximum atomic E-state index is 12.9. The molecule has 3 rings (SSSR count). The van der Waals surface area contributed by atoms with Crippen molar-refractivity contribution in [3.63, 3.8) is 0 Å². The lowest BCUT2D eigenvalue weighted by Gasteiger charge is -2.32. The standard InChI is InChI=1S/C21H28N4O4S/c1-15-6-4-5-7-17(15)13-24(3)21(27)16-8-10-25(11-9-16)30(28,29)18-12-19(20(22)26)23(2)14-18/h4-7,12,14,16H,8-11,13H2,1-3H3,(H2,22,26). The van der Waals surface area contributed by atoms with Gasteiger partial charge in [0.25, 0.3) is 5.91 Å². The number of rotatable bonds is 6. The molecule has 0 bridgehead atoms. The topological polar surface area (TPSA) is 106 Å². The molecule has 2 aromatic rings. The van der Waals surface area contributed by atoms with Crippen LogP contribution < -0.4 is 5.73 Å². The van der Waals surface area contributed by atoms with E-state index >= 15 is 0 Å². The van der Waals surface area contributed by atoms with Gasteiger partial charge in [0.05, 0.1) is 0 Å². The highest BCUT2D eigenvalue weighted by atomic mass is 32.2. The number of sulfonamides is 1. The van der Waals surface area contributed by atoms with E-state index in [0.717, 1.165) is 11.1 Å². The van der Waals surface area contributed by atoms with Crippen LogP contribution in [0.25, 0.3) is 0 Å². The Morgan fingerprint density at radius 2 is 1.83 bits per heavy atom. The molecule has 1 saturated heterocycles. The van der Waals surface area contributed by atoms with Crippen LogP contribution in [0.1, 0.15) is 34.5 Å². The van der Waals surface area contributed by atoms with E-state index < -0.39 is 15.9 Å². The van der Waals surface area contributed by atoms with Crippen LogP contribution in [0.4, 0.5) is 0 Å². The minimum absolute atomic E-state index is 0.0334. The van der Waals surface area contributed by atoms with Crippen LogP contribution in [0.3, 0.4) is 0 Å². The lowest BCUT2D eigenvalue weighted by Crippen LogP contribution is -2.43. The number of carbonyl (C=O) groups is 2. The third-order valence-electron chi connectivity index (χ3n) is 5.72. The Kier molecular flexibility index (Phi) is 6.33. The maximum Gasteiger partial charge on any atom is 0.265 e. The summed E-state index contributed by atoms with van der Waals surface area (Å²) in [5, 5.41) is 0. The second-order valence-corrected chi connectivity index (χ2v) is 9.77. The van der Waals surface area contributed by atoms with E-state index in [1.54, 1.807) is 19.0 Å². The van der Waals surface area contributed by atoms with Crippen molar-refractivity contribution in [2.45, 2.75) is 31.2 Å². The minimum atomic E-state index is -3.74. The number of amides is 2. The number of aromatic nitrogens is 1. The first-order chi connectivity index (χ1) is 14.1. The number of primary amides is 1. The van der Waals surface area contributed by atoms with Crippen molar-refractivity contribution in [1.29, 1.82) is 0 Å². The molecule has 1 aliphatic rings. The number of carbonyl (C=O) groups excluding carboxylic acids is 2. The summed E-state index contributed by atoms with van der Waals surface area (Å²) >= 11 is 0. The van der Waals surface area contributed by atoms with Crippen molar-refractivity contribution in [1.82, 2.24) is 13.8 Å². The van der Waals surface area contributed by atoms with Gasteiger partial charge in [0.15, 0.2) is 0 Å². The van der Waals surface area contributed by atoms with Crippen LogP contribution >= 0.6 is 0 Å². The molecule has 1 fully saturated rings. The van der Waals surface area contributed by atoms with Crippen LogP contribution in [0.2, 0.25) is 0 Å². The number of aryl methyl sites for hydroxylation is 2. The average Bonchev–Trinajstić information content (AvgIpc) is 3.12. The Labute approximate surface area is 177 Å². The van der Waals surface area contributed by atoms with Gasteiger partial charge >= 0.3 is 0 Å². The van der Waals surface area contributed by atoms with Crippen LogP contribution in [0.5, 0.6) is 0 Å². The van der Waals surface area contributed by atoms with Gasteiger partial charge in [0.1, 0.15) is 10.6 Å². The molecule has 0 aliphatic carbocycles. The molecule has 1 aliphatic heterocycles. The summed E-state index contributed by atoms with van der Waals surface area (Å²) in [4.78, 5) is 26.0. The summed E-state index contributed by atoms with van der Waals surface area (Å²) in [6.07, 6.45) is 2.32. The first kappa shape index (κ1) is 22.0. The third-order valence-corrected chi connectivity index (χ3v) is 7.58. The summed E-state index contributed by atoms with van der Waals surface area (Å²) < 4.78 is 28.6. The molecule has 1 aromatic heterocycles. The van der Waals surface area contributed by atoms with E-state index in [1.165, 1.54) is 21.1 Å². The monoisotopic (exact) mass is 432 g/mol. The van der Waals surface area contributed by atoms with E-state index in [1.807, 2.05) is 31.2 Å². The number of benzene rings is 1. The number of nitrogens with two attached hydrogens (primary N) is 1. The van der Waals surface area contributed by atoms with Crippen molar-refractivity contribution < 1.29 is 18.0 Å². The van der Waals surface area contributed by atoms with Crippen molar-refractivity contribution in [3.8, 4) is 0 Å². The Morgan fingerprint density at radius 3 is 2.40 bits per heavy atom. The fourth-order valence-corrected chi connectivity index (χ4v) is 5.39. The molecular weight excluding hydrogens is 404 g/mol. The largest absolute Gasteiger partial charge is 0.364 e. The van der Waals surface area contributed by atoms with Gasteiger partial charge in [-0.25, -0.2) is 8.42 Å². The van der Waals surface area contributed by atoms with E-state index in [2.05, 4.69) is 0 Å². The lowest BCUT2D eigenvalue weighted by atomic mass is 9.96. The second kappa shape index (κ2) is 8.61. The molecule has 1 aromatic carbocycles. The van der Waals surface area contributed by atoms with Gasteiger partial charge in [0, 0.05) is 45.8 Å². The Bertz CT molecular complexity index is 1050. The fourth-order valence-electron chi connectivity index (χ4n) is 3.85. The normalized spacial score (nSPS) is 15.8. The molecule has 2 heterocycles. The summed E-state index contributed by atoms with van der Waals surface area (Å²) in [6, 6.07) is 9.25. The lowest BCUT2D eigenvalue weighted by molar-refractivity contribution is -0.135. The van der Waals surface area contributed by atoms with E-state index in [9.17, 15) is 18.0 Å². The summed E-state index contributed by atoms with van der Waals surface area (Å²) in [5.74, 6) is -0.853. The number of hydrogen-bond donors (Lipinski definition) is 1. The van der Waals surface area contributed by atoms with Crippen LogP contribution in [-0.2, 0) is 28.4 Å². The van der Waals surface area contributed by atoms with Gasteiger partial charge in [0.2, 0.25) is 15.9 Å². The molecule has 30 heavy (non-hydrogen) atoms. The zero-order valence-corrected chi connectivity index (χ0v) is 18.4. The highest BCUT2D eigenvalue weighted by Crippen LogP contribution is 2.26. The summed E-state index contributed by atoms with van der Waals surface area (Å²) in [6.45, 7) is 3.07. The number of piperidine rings is 1. The van der Waals surface area contributed by atoms with E-state index in [4.69, 9.17) is 5.73 Å². The Hall–Kier alpha value is -2.65. The maximum absolute atomic E-state index is 12.9. The highest BCUT2D eigenvalue weighted by Gasteiger charge is 2.34. The van der Waals surface area contributed by atoms with Crippen LogP contribution in [0.15, 0.2) is 41.4 Å². The van der Waals surface area contributed by atoms with Crippen LogP contribution in [0, 0.1) is 12.8 Å². The molecular formula is C21H28N4O4S. The molecule has 0 atom stereocenters. The molecule has 2 N–H and O–H groups in total. The Balaban J connectivity index is 1.63. The zero-order chi connectivity index (χ0) is 22.1. The van der Waals surface area contributed by atoms with Crippen LogP contribution in [-0.4, -0.2) is 54.1 Å². The van der Waals surface area contributed by atoms with E-state index in [0.29, 0.717) is 19.4 Å². The van der Waals surface area contributed by atoms with Crippen molar-refractivity contribution in [2.24, 2.45) is 18.7 Å². The summed E-state index contributed by atoms with van der Waals surface area (Å²) in [5.41, 5.74) is 7.65. The van der Waals surface area contributed by atoms with Crippen molar-refractivity contribution >= 4 is 21.8 Å². The minimum Gasteiger partial charge on any atom is -0.364 e. The van der Waals surface area contributed by atoms with Gasteiger partial charge < -0.3 is 15.2 Å². The first-order valence-electron chi connectivity index (χ1n) is 9.87. The van der Waals surface area contributed by atoms with Gasteiger partial charge in [-0.2, -0.15) is 4.31 Å². The van der Waals surface area contributed by atoms with Gasteiger partial charge in [-0.3, -0.25) is 9.59 Å². The molecule has 0 radical (unpaired) electrons. The third kappa shape index (κ3) is 4.41. The molecule has 9 heteroatoms. The first-order valence-corrected chi connectivity index (χ1v) is 11.3. The van der Waals surface area contributed by atoms with Gasteiger partial charge in [-0.05, 0) is 37.0 Å². The quantitative estimate of drug-likeness (QED) is 0.746. The van der Waals surface area contributed by atoms with E-state index in [-0.39, 0.29) is 35.5 Å². The number of hydrogen-bond acceptors (Lipinski definition) is 4. The fraction of sp³-hybridized carbons (Fsp3) is 0.429. The zero-order valence-electron chi connectivity index (χ0n) is 17.5. The SMILES string of the molecule is Cc1ccccc1CN(C)C(=O)C1CCN(S(=O)(=O)c2cc(C(N)=O)n(C)c2)CC1. The molecule has 0 spiro atoms. The second-order valence-electron chi connectivity index (χ2n) is 7.84. The highest BCUT2D eigenvalue weighted by molar-refractivity contribution is 7.89. The summed E-state index contributed by atoms with van der Waals surface area (Å²) in [7, 11) is -0.378. The average molecular weight is 433 g/mol. The molecule has 8 nitrogen and oxygen atoms in total. The number of nitrogens with zero attached hydrogens (tertiary/aromatic N) is 3. The predicted molar refractivity (Wildman–Crippen MR) is 113 cm³/mol. The molecule has 2 amide bonds.